The van der Waals surface area contributed by atoms with Gasteiger partial charge >= 0.3 is 6.03 Å². The van der Waals surface area contributed by atoms with Crippen LogP contribution >= 0.6 is 0 Å². The van der Waals surface area contributed by atoms with Gasteiger partial charge in [0.1, 0.15) is 0 Å². The number of benzene rings is 1. The van der Waals surface area contributed by atoms with E-state index in [0.717, 1.165) is 25.7 Å². The third-order valence-corrected chi connectivity index (χ3v) is 5.75. The summed E-state index contributed by atoms with van der Waals surface area (Å²) in [4.78, 5) is 14.6. The number of aliphatic hydroxyl groups excluding tert-OH is 1. The van der Waals surface area contributed by atoms with Crippen molar-refractivity contribution in [3.8, 4) is 0 Å². The number of rotatable bonds is 5. The van der Waals surface area contributed by atoms with Crippen LogP contribution in [0.3, 0.4) is 0 Å². The van der Waals surface area contributed by atoms with Crippen LogP contribution in [0.25, 0.3) is 0 Å². The molecule has 0 saturated heterocycles. The lowest BCUT2D eigenvalue weighted by atomic mass is 9.86. The molecule has 2 aliphatic rings. The van der Waals surface area contributed by atoms with E-state index in [-0.39, 0.29) is 18.7 Å². The van der Waals surface area contributed by atoms with Crippen molar-refractivity contribution in [2.45, 2.75) is 57.5 Å². The minimum Gasteiger partial charge on any atom is -0.396 e. The van der Waals surface area contributed by atoms with Gasteiger partial charge in [-0.15, -0.1) is 0 Å². The second-order valence-electron chi connectivity index (χ2n) is 7.64. The molecule has 1 atom stereocenters. The molecule has 2 N–H and O–H groups in total. The Hall–Kier alpha value is -1.55. The highest BCUT2D eigenvalue weighted by molar-refractivity contribution is 5.75. The molecular weight excluding hydrogens is 300 g/mol. The Labute approximate surface area is 145 Å². The molecule has 2 fully saturated rings. The number of amides is 2. The van der Waals surface area contributed by atoms with Crippen molar-refractivity contribution in [3.63, 3.8) is 0 Å². The zero-order valence-corrected chi connectivity index (χ0v) is 14.9. The van der Waals surface area contributed by atoms with E-state index < -0.39 is 0 Å². The van der Waals surface area contributed by atoms with Gasteiger partial charge in [0.2, 0.25) is 0 Å². The highest BCUT2D eigenvalue weighted by Crippen LogP contribution is 2.41. The maximum atomic E-state index is 12.7. The number of aryl methyl sites for hydroxylation is 1. The lowest BCUT2D eigenvalue weighted by molar-refractivity contribution is 0.132. The molecule has 1 aromatic rings. The molecule has 0 aliphatic heterocycles. The first-order valence-corrected chi connectivity index (χ1v) is 9.29. The normalized spacial score (nSPS) is 25.1. The zero-order valence-electron chi connectivity index (χ0n) is 14.9. The molecule has 3 rings (SSSR count). The molecule has 0 radical (unpaired) electrons. The van der Waals surface area contributed by atoms with E-state index in [1.165, 1.54) is 24.0 Å². The number of urea groups is 1. The minimum atomic E-state index is 0.0416. The maximum absolute atomic E-state index is 12.7. The van der Waals surface area contributed by atoms with Gasteiger partial charge in [-0.25, -0.2) is 4.79 Å². The highest BCUT2D eigenvalue weighted by atomic mass is 16.3. The fraction of sp³-hybridized carbons (Fsp3) is 0.650. The van der Waals surface area contributed by atoms with Crippen molar-refractivity contribution in [1.29, 1.82) is 0 Å². The number of nitrogens with one attached hydrogen (secondary N) is 1. The van der Waals surface area contributed by atoms with E-state index in [9.17, 15) is 9.90 Å². The van der Waals surface area contributed by atoms with Gasteiger partial charge in [0.15, 0.2) is 0 Å². The Bertz CT molecular complexity index is 545. The maximum Gasteiger partial charge on any atom is 0.317 e. The van der Waals surface area contributed by atoms with Crippen LogP contribution in [0.5, 0.6) is 0 Å². The van der Waals surface area contributed by atoms with E-state index >= 15 is 0 Å². The number of aliphatic hydroxyl groups is 1. The average molecular weight is 330 g/mol. The molecule has 2 saturated carbocycles. The molecule has 0 aromatic heterocycles. The van der Waals surface area contributed by atoms with Crippen molar-refractivity contribution in [1.82, 2.24) is 10.2 Å². The standard InChI is InChI=1S/C20H30N2O2/c1-14-3-7-16(8-4-14)19(17-9-10-17)21-20(24)22(2)18-11-5-15(13-23)6-12-18/h3-4,7-8,15,17-19,23H,5-6,9-13H2,1-2H3,(H,21,24). The predicted octanol–water partition coefficient (Wildman–Crippen LogP) is 3.64. The van der Waals surface area contributed by atoms with Gasteiger partial charge in [-0.05, 0) is 62.8 Å². The summed E-state index contributed by atoms with van der Waals surface area (Å²) < 4.78 is 0. The SMILES string of the molecule is Cc1ccc(C(NC(=O)N(C)C2CCC(CO)CC2)C2CC2)cc1. The Balaban J connectivity index is 1.60. The van der Waals surface area contributed by atoms with Gasteiger partial charge in [-0.2, -0.15) is 0 Å². The van der Waals surface area contributed by atoms with Crippen LogP contribution in [0.2, 0.25) is 0 Å². The second-order valence-corrected chi connectivity index (χ2v) is 7.64. The monoisotopic (exact) mass is 330 g/mol. The quantitative estimate of drug-likeness (QED) is 0.866. The summed E-state index contributed by atoms with van der Waals surface area (Å²) in [6.45, 7) is 2.37. The number of carbonyl (C=O) groups is 1. The zero-order chi connectivity index (χ0) is 17.1. The molecule has 0 spiro atoms. The number of nitrogens with zero attached hydrogens (tertiary/aromatic N) is 1. The van der Waals surface area contributed by atoms with Crippen LogP contribution in [0.4, 0.5) is 4.79 Å². The van der Waals surface area contributed by atoms with Gasteiger partial charge < -0.3 is 15.3 Å². The first-order valence-electron chi connectivity index (χ1n) is 9.29. The van der Waals surface area contributed by atoms with Crippen molar-refractivity contribution >= 4 is 6.03 Å². The van der Waals surface area contributed by atoms with Crippen LogP contribution in [0.15, 0.2) is 24.3 Å². The van der Waals surface area contributed by atoms with Crippen molar-refractivity contribution in [3.05, 3.63) is 35.4 Å². The van der Waals surface area contributed by atoms with Crippen LogP contribution in [-0.2, 0) is 0 Å². The Kier molecular flexibility index (Phi) is 5.44. The van der Waals surface area contributed by atoms with E-state index in [2.05, 4.69) is 36.5 Å². The minimum absolute atomic E-state index is 0.0416. The first-order chi connectivity index (χ1) is 11.6. The molecule has 0 heterocycles. The van der Waals surface area contributed by atoms with Gasteiger partial charge in [-0.3, -0.25) is 0 Å². The second kappa shape index (κ2) is 7.56. The van der Waals surface area contributed by atoms with E-state index in [0.29, 0.717) is 17.9 Å². The molecule has 4 nitrogen and oxygen atoms in total. The van der Waals surface area contributed by atoms with E-state index in [4.69, 9.17) is 0 Å². The molecule has 1 unspecified atom stereocenters. The number of hydrogen-bond donors (Lipinski definition) is 2. The molecule has 4 heteroatoms. The largest absolute Gasteiger partial charge is 0.396 e. The van der Waals surface area contributed by atoms with Gasteiger partial charge in [0.05, 0.1) is 6.04 Å². The molecule has 1 aromatic carbocycles. The molecule has 2 aliphatic carbocycles. The number of carbonyl (C=O) groups excluding carboxylic acids is 1. The van der Waals surface area contributed by atoms with E-state index in [1.807, 2.05) is 11.9 Å². The van der Waals surface area contributed by atoms with Crippen molar-refractivity contribution < 1.29 is 9.90 Å². The summed E-state index contributed by atoms with van der Waals surface area (Å²) in [5.74, 6) is 1.000. The Morgan fingerprint density at radius 2 is 1.79 bits per heavy atom. The van der Waals surface area contributed by atoms with Gasteiger partial charge in [-0.1, -0.05) is 29.8 Å². The molecule has 2 amide bonds. The Morgan fingerprint density at radius 3 is 2.33 bits per heavy atom. The van der Waals surface area contributed by atoms with Crippen molar-refractivity contribution in [2.75, 3.05) is 13.7 Å². The molecular formula is C20H30N2O2. The van der Waals surface area contributed by atoms with E-state index in [1.54, 1.807) is 0 Å². The predicted molar refractivity (Wildman–Crippen MR) is 95.8 cm³/mol. The number of hydrogen-bond acceptors (Lipinski definition) is 2. The third-order valence-electron chi connectivity index (χ3n) is 5.75. The summed E-state index contributed by atoms with van der Waals surface area (Å²) in [6.07, 6.45) is 6.42. The third kappa shape index (κ3) is 4.10. The Morgan fingerprint density at radius 1 is 1.17 bits per heavy atom. The average Bonchev–Trinajstić information content (AvgIpc) is 3.45. The highest BCUT2D eigenvalue weighted by Gasteiger charge is 2.35. The summed E-state index contributed by atoms with van der Waals surface area (Å²) in [5.41, 5.74) is 2.46. The van der Waals surface area contributed by atoms with Crippen LogP contribution in [0.1, 0.15) is 55.7 Å². The van der Waals surface area contributed by atoms with Gasteiger partial charge in [0, 0.05) is 19.7 Å². The lowest BCUT2D eigenvalue weighted by Gasteiger charge is -2.35. The molecule has 0 bridgehead atoms. The summed E-state index contributed by atoms with van der Waals surface area (Å²) >= 11 is 0. The first kappa shape index (κ1) is 17.3. The fourth-order valence-corrected chi connectivity index (χ4v) is 3.79. The van der Waals surface area contributed by atoms with Crippen molar-refractivity contribution in [2.24, 2.45) is 11.8 Å². The lowest BCUT2D eigenvalue weighted by Crippen LogP contribution is -2.46. The summed E-state index contributed by atoms with van der Waals surface area (Å²) in [6, 6.07) is 9.00. The molecule has 24 heavy (non-hydrogen) atoms. The fourth-order valence-electron chi connectivity index (χ4n) is 3.79. The van der Waals surface area contributed by atoms with Crippen LogP contribution in [-0.4, -0.2) is 35.7 Å². The topological polar surface area (TPSA) is 52.6 Å². The van der Waals surface area contributed by atoms with Crippen LogP contribution < -0.4 is 5.32 Å². The van der Waals surface area contributed by atoms with Gasteiger partial charge in [0.25, 0.3) is 0 Å². The van der Waals surface area contributed by atoms with Crippen LogP contribution in [0, 0.1) is 18.8 Å². The molecule has 132 valence electrons. The summed E-state index contributed by atoms with van der Waals surface area (Å²) in [5, 5.41) is 12.5. The smallest absolute Gasteiger partial charge is 0.317 e. The summed E-state index contributed by atoms with van der Waals surface area (Å²) in [7, 11) is 1.92.